The first-order valence-electron chi connectivity index (χ1n) is 5.41. The molecule has 0 aliphatic rings. The first-order valence-corrected chi connectivity index (χ1v) is 5.79. The molecule has 0 aliphatic heterocycles. The molecule has 2 aromatic heterocycles. The molecule has 2 aromatic rings. The van der Waals surface area contributed by atoms with E-state index in [1.54, 1.807) is 12.4 Å². The van der Waals surface area contributed by atoms with Crippen LogP contribution in [-0.2, 0) is 0 Å². The van der Waals surface area contributed by atoms with Crippen LogP contribution in [0.1, 0.15) is 20.1 Å². The van der Waals surface area contributed by atoms with E-state index in [0.29, 0.717) is 16.9 Å². The number of nitrogens with zero attached hydrogens (tertiary/aromatic N) is 4. The van der Waals surface area contributed by atoms with E-state index in [1.165, 1.54) is 10.9 Å². The van der Waals surface area contributed by atoms with Gasteiger partial charge in [-0.2, -0.15) is 5.10 Å². The van der Waals surface area contributed by atoms with Gasteiger partial charge in [0.2, 0.25) is 5.28 Å². The highest BCUT2D eigenvalue weighted by Crippen LogP contribution is 2.23. The third kappa shape index (κ3) is 3.16. The molecule has 0 aliphatic carbocycles. The molecule has 0 radical (unpaired) electrons. The van der Waals surface area contributed by atoms with Crippen LogP contribution in [-0.4, -0.2) is 19.7 Å². The van der Waals surface area contributed by atoms with Gasteiger partial charge < -0.3 is 5.73 Å². The summed E-state index contributed by atoms with van der Waals surface area (Å²) in [5.41, 5.74) is 18.2. The summed E-state index contributed by atoms with van der Waals surface area (Å²) in [6, 6.07) is 0. The van der Waals surface area contributed by atoms with E-state index < -0.39 is 6.29 Å². The van der Waals surface area contributed by atoms with Crippen LogP contribution < -0.4 is 17.2 Å². The Labute approximate surface area is 110 Å². The van der Waals surface area contributed by atoms with Crippen LogP contribution in [0.5, 0.6) is 0 Å². The molecule has 0 spiro atoms. The summed E-state index contributed by atoms with van der Waals surface area (Å²) in [4.78, 5) is 7.77. The monoisotopic (exact) mass is 269 g/mol. The van der Waals surface area contributed by atoms with Crippen LogP contribution in [0.3, 0.4) is 0 Å². The zero-order chi connectivity index (χ0) is 13.7. The number of nitrogens with two attached hydrogens (primary N) is 3. The van der Waals surface area contributed by atoms with Crippen molar-refractivity contribution in [1.29, 1.82) is 0 Å². The van der Waals surface area contributed by atoms with Gasteiger partial charge in [0.1, 0.15) is 12.0 Å². The summed E-state index contributed by atoms with van der Waals surface area (Å²) < 4.78 is 1.39. The van der Waals surface area contributed by atoms with Crippen LogP contribution in [0.4, 0.5) is 5.69 Å². The maximum Gasteiger partial charge on any atom is 0.223 e. The lowest BCUT2D eigenvalue weighted by Gasteiger charge is -2.04. The molecule has 0 saturated heterocycles. The molecular weight excluding hydrogens is 254 g/mol. The summed E-state index contributed by atoms with van der Waals surface area (Å²) in [7, 11) is 0. The molecule has 0 unspecified atom stereocenters. The van der Waals surface area contributed by atoms with Gasteiger partial charge in [-0.1, -0.05) is 13.8 Å². The molecule has 0 saturated carbocycles. The van der Waals surface area contributed by atoms with Crippen molar-refractivity contribution >= 4 is 17.3 Å². The van der Waals surface area contributed by atoms with Crippen molar-refractivity contribution in [3.8, 4) is 11.3 Å². The Hall–Kier alpha value is -1.70. The second-order valence-corrected chi connectivity index (χ2v) is 3.48. The minimum absolute atomic E-state index is 0.119. The van der Waals surface area contributed by atoms with Gasteiger partial charge in [0, 0.05) is 11.8 Å². The summed E-state index contributed by atoms with van der Waals surface area (Å²) in [5.74, 6) is 0. The summed E-state index contributed by atoms with van der Waals surface area (Å²) in [6.45, 7) is 4.00. The Morgan fingerprint density at radius 3 is 2.50 bits per heavy atom. The SMILES string of the molecule is CC.Nc1cnc(Cl)nc1-c1cnn(C(N)N)c1. The highest BCUT2D eigenvalue weighted by atomic mass is 35.5. The van der Waals surface area contributed by atoms with Crippen molar-refractivity contribution in [3.63, 3.8) is 0 Å². The normalized spacial score (nSPS) is 10.1. The molecule has 98 valence electrons. The lowest BCUT2D eigenvalue weighted by Crippen LogP contribution is -2.27. The molecule has 0 aromatic carbocycles. The van der Waals surface area contributed by atoms with Crippen LogP contribution in [0.15, 0.2) is 18.6 Å². The molecule has 0 amide bonds. The van der Waals surface area contributed by atoms with Crippen molar-refractivity contribution in [2.24, 2.45) is 11.5 Å². The molecule has 18 heavy (non-hydrogen) atoms. The Balaban J connectivity index is 0.000000771. The molecule has 8 heteroatoms. The van der Waals surface area contributed by atoms with E-state index in [1.807, 2.05) is 13.8 Å². The average Bonchev–Trinajstić information content (AvgIpc) is 2.84. The van der Waals surface area contributed by atoms with E-state index in [9.17, 15) is 0 Å². The molecular formula is C10H16ClN7. The van der Waals surface area contributed by atoms with Crippen LogP contribution in [0.2, 0.25) is 5.28 Å². The highest BCUT2D eigenvalue weighted by Gasteiger charge is 2.10. The third-order valence-electron chi connectivity index (χ3n) is 1.97. The fraction of sp³-hybridized carbons (Fsp3) is 0.300. The Morgan fingerprint density at radius 1 is 1.28 bits per heavy atom. The van der Waals surface area contributed by atoms with Crippen LogP contribution in [0, 0.1) is 0 Å². The molecule has 0 fully saturated rings. The van der Waals surface area contributed by atoms with Gasteiger partial charge >= 0.3 is 0 Å². The number of hydrogen-bond acceptors (Lipinski definition) is 6. The second kappa shape index (κ2) is 6.29. The largest absolute Gasteiger partial charge is 0.396 e. The number of anilines is 1. The van der Waals surface area contributed by atoms with Gasteiger partial charge in [-0.3, -0.25) is 11.5 Å². The Bertz CT molecular complexity index is 509. The lowest BCUT2D eigenvalue weighted by atomic mass is 10.2. The van der Waals surface area contributed by atoms with E-state index in [4.69, 9.17) is 28.8 Å². The van der Waals surface area contributed by atoms with E-state index in [0.717, 1.165) is 0 Å². The van der Waals surface area contributed by atoms with E-state index in [2.05, 4.69) is 15.1 Å². The van der Waals surface area contributed by atoms with Crippen molar-refractivity contribution in [2.45, 2.75) is 20.1 Å². The van der Waals surface area contributed by atoms with Gasteiger partial charge in [0.25, 0.3) is 0 Å². The third-order valence-corrected chi connectivity index (χ3v) is 2.15. The molecule has 2 rings (SSSR count). The predicted molar refractivity (Wildman–Crippen MR) is 71.4 cm³/mol. The standard InChI is InChI=1S/C8H10ClN7.C2H6/c9-7-13-2-5(10)6(15-7)4-1-14-16(3-4)8(11)12;1-2/h1-3,8H,10-12H2;1-2H3. The summed E-state index contributed by atoms with van der Waals surface area (Å²) in [5, 5.41) is 4.09. The zero-order valence-corrected chi connectivity index (χ0v) is 11.0. The van der Waals surface area contributed by atoms with Crippen molar-refractivity contribution in [2.75, 3.05) is 5.73 Å². The zero-order valence-electron chi connectivity index (χ0n) is 10.2. The number of aromatic nitrogens is 4. The molecule has 0 atom stereocenters. The Morgan fingerprint density at radius 2 is 1.94 bits per heavy atom. The van der Waals surface area contributed by atoms with Crippen LogP contribution >= 0.6 is 11.6 Å². The lowest BCUT2D eigenvalue weighted by molar-refractivity contribution is 0.487. The first kappa shape index (κ1) is 14.4. The maximum absolute atomic E-state index is 5.72. The van der Waals surface area contributed by atoms with Gasteiger partial charge in [0.05, 0.1) is 18.1 Å². The summed E-state index contributed by atoms with van der Waals surface area (Å²) in [6.07, 6.45) is 3.93. The van der Waals surface area contributed by atoms with Crippen molar-refractivity contribution in [3.05, 3.63) is 23.9 Å². The minimum Gasteiger partial charge on any atom is -0.396 e. The van der Waals surface area contributed by atoms with Gasteiger partial charge in [-0.25, -0.2) is 14.6 Å². The molecule has 2 heterocycles. The summed E-state index contributed by atoms with van der Waals surface area (Å²) >= 11 is 5.68. The predicted octanol–water partition coefficient (Wildman–Crippen LogP) is 0.975. The average molecular weight is 270 g/mol. The number of hydrogen-bond donors (Lipinski definition) is 3. The molecule has 0 bridgehead atoms. The number of halogens is 1. The van der Waals surface area contributed by atoms with Crippen LogP contribution in [0.25, 0.3) is 11.3 Å². The number of rotatable bonds is 2. The smallest absolute Gasteiger partial charge is 0.223 e. The Kier molecular flexibility index (Phi) is 5.02. The molecule has 6 N–H and O–H groups in total. The van der Waals surface area contributed by atoms with Crippen molar-refractivity contribution in [1.82, 2.24) is 19.7 Å². The van der Waals surface area contributed by atoms with Gasteiger partial charge in [-0.05, 0) is 11.6 Å². The maximum atomic E-state index is 5.72. The topological polar surface area (TPSA) is 122 Å². The highest BCUT2D eigenvalue weighted by molar-refractivity contribution is 6.28. The second-order valence-electron chi connectivity index (χ2n) is 3.14. The minimum atomic E-state index is -0.702. The van der Waals surface area contributed by atoms with E-state index in [-0.39, 0.29) is 5.28 Å². The van der Waals surface area contributed by atoms with Crippen molar-refractivity contribution < 1.29 is 0 Å². The van der Waals surface area contributed by atoms with Gasteiger partial charge in [-0.15, -0.1) is 0 Å². The van der Waals surface area contributed by atoms with E-state index >= 15 is 0 Å². The number of nitrogen functional groups attached to an aromatic ring is 1. The fourth-order valence-corrected chi connectivity index (χ4v) is 1.36. The first-order chi connectivity index (χ1) is 8.58. The quantitative estimate of drug-likeness (QED) is 0.552. The fourth-order valence-electron chi connectivity index (χ4n) is 1.22. The molecule has 7 nitrogen and oxygen atoms in total. The van der Waals surface area contributed by atoms with Gasteiger partial charge in [0.15, 0.2) is 0 Å².